The van der Waals surface area contributed by atoms with Gasteiger partial charge in [-0.1, -0.05) is 15.9 Å². The van der Waals surface area contributed by atoms with Gasteiger partial charge in [0.25, 0.3) is 0 Å². The van der Waals surface area contributed by atoms with E-state index < -0.39 is 0 Å². The number of amides is 1. The van der Waals surface area contributed by atoms with Gasteiger partial charge in [-0.3, -0.25) is 4.79 Å². The van der Waals surface area contributed by atoms with Gasteiger partial charge in [0.1, 0.15) is 0 Å². The molecule has 0 N–H and O–H groups in total. The Labute approximate surface area is 63.3 Å². The van der Waals surface area contributed by atoms with Crippen LogP contribution >= 0.6 is 15.9 Å². The van der Waals surface area contributed by atoms with E-state index in [4.69, 9.17) is 0 Å². The largest absolute Gasteiger partial charge is 0.345 e. The van der Waals surface area contributed by atoms with Gasteiger partial charge in [0.15, 0.2) is 0 Å². The molecular formula is C6H10BrNO. The fourth-order valence-corrected chi connectivity index (χ4v) is 1.65. The lowest BCUT2D eigenvalue weighted by atomic mass is 10.1. The molecule has 1 heterocycles. The van der Waals surface area contributed by atoms with Crippen LogP contribution in [0, 0.1) is 0 Å². The molecule has 0 aromatic heterocycles. The van der Waals surface area contributed by atoms with Gasteiger partial charge in [-0.15, -0.1) is 0 Å². The van der Waals surface area contributed by atoms with Gasteiger partial charge in [0.05, 0.1) is 4.83 Å². The third-order valence-electron chi connectivity index (χ3n) is 1.60. The third-order valence-corrected chi connectivity index (χ3v) is 2.44. The molecule has 0 aliphatic carbocycles. The van der Waals surface area contributed by atoms with Crippen LogP contribution in [0.5, 0.6) is 0 Å². The van der Waals surface area contributed by atoms with Gasteiger partial charge in [0, 0.05) is 13.6 Å². The average molecular weight is 192 g/mol. The summed E-state index contributed by atoms with van der Waals surface area (Å²) in [5.41, 5.74) is 0. The van der Waals surface area contributed by atoms with E-state index in [9.17, 15) is 4.79 Å². The molecule has 0 radical (unpaired) electrons. The van der Waals surface area contributed by atoms with E-state index >= 15 is 0 Å². The van der Waals surface area contributed by atoms with Crippen LogP contribution in [0.3, 0.4) is 0 Å². The molecule has 0 bridgehead atoms. The molecule has 0 saturated carbocycles. The van der Waals surface area contributed by atoms with Crippen LogP contribution < -0.4 is 0 Å². The summed E-state index contributed by atoms with van der Waals surface area (Å²) >= 11 is 3.30. The molecular weight excluding hydrogens is 182 g/mol. The van der Waals surface area contributed by atoms with E-state index in [0.29, 0.717) is 0 Å². The zero-order chi connectivity index (χ0) is 6.85. The number of piperidine rings is 1. The van der Waals surface area contributed by atoms with Crippen LogP contribution in [0.4, 0.5) is 0 Å². The van der Waals surface area contributed by atoms with Gasteiger partial charge in [0.2, 0.25) is 5.91 Å². The first-order valence-electron chi connectivity index (χ1n) is 3.11. The van der Waals surface area contributed by atoms with Crippen molar-refractivity contribution >= 4 is 21.8 Å². The molecule has 3 heteroatoms. The summed E-state index contributed by atoms with van der Waals surface area (Å²) in [5.74, 6) is 0.223. The molecule has 1 rings (SSSR count). The topological polar surface area (TPSA) is 20.3 Å². The van der Waals surface area contributed by atoms with Gasteiger partial charge in [-0.2, -0.15) is 0 Å². The number of halogens is 1. The minimum absolute atomic E-state index is 0.0799. The monoisotopic (exact) mass is 191 g/mol. The van der Waals surface area contributed by atoms with Crippen molar-refractivity contribution in [1.29, 1.82) is 0 Å². The van der Waals surface area contributed by atoms with E-state index in [0.717, 1.165) is 19.4 Å². The molecule has 1 atom stereocenters. The maximum atomic E-state index is 11.0. The Balaban J connectivity index is 2.52. The number of rotatable bonds is 0. The number of nitrogens with zero attached hydrogens (tertiary/aromatic N) is 1. The number of carbonyl (C=O) groups is 1. The van der Waals surface area contributed by atoms with Crippen LogP contribution in [-0.4, -0.2) is 29.2 Å². The molecule has 2 nitrogen and oxygen atoms in total. The summed E-state index contributed by atoms with van der Waals surface area (Å²) < 4.78 is 0. The minimum Gasteiger partial charge on any atom is -0.345 e. The van der Waals surface area contributed by atoms with E-state index in [1.54, 1.807) is 4.90 Å². The van der Waals surface area contributed by atoms with Crippen LogP contribution in [0.1, 0.15) is 12.8 Å². The number of carbonyl (C=O) groups excluding carboxylic acids is 1. The van der Waals surface area contributed by atoms with Crippen LogP contribution in [0.15, 0.2) is 0 Å². The summed E-state index contributed by atoms with van der Waals surface area (Å²) in [6.07, 6.45) is 2.11. The first kappa shape index (κ1) is 7.06. The number of alkyl halides is 1. The van der Waals surface area contributed by atoms with E-state index in [1.807, 2.05) is 7.05 Å². The van der Waals surface area contributed by atoms with Crippen molar-refractivity contribution in [3.05, 3.63) is 0 Å². The minimum atomic E-state index is 0.0799. The van der Waals surface area contributed by atoms with Gasteiger partial charge in [-0.05, 0) is 12.8 Å². The second-order valence-corrected chi connectivity index (χ2v) is 3.47. The third kappa shape index (κ3) is 1.45. The average Bonchev–Trinajstić information content (AvgIpc) is 1.83. The molecule has 52 valence electrons. The van der Waals surface area contributed by atoms with Crippen molar-refractivity contribution in [2.24, 2.45) is 0 Å². The highest BCUT2D eigenvalue weighted by Crippen LogP contribution is 2.16. The number of likely N-dealkylation sites (tertiary alicyclic amines) is 1. The highest BCUT2D eigenvalue weighted by molar-refractivity contribution is 9.10. The first-order chi connectivity index (χ1) is 4.22. The van der Waals surface area contributed by atoms with Crippen molar-refractivity contribution in [2.45, 2.75) is 17.7 Å². The Kier molecular flexibility index (Phi) is 2.11. The quantitative estimate of drug-likeness (QED) is 0.524. The Morgan fingerprint density at radius 1 is 1.78 bits per heavy atom. The predicted molar refractivity (Wildman–Crippen MR) is 39.6 cm³/mol. The second-order valence-electron chi connectivity index (χ2n) is 2.37. The molecule has 1 aliphatic rings. The molecule has 1 fully saturated rings. The Hall–Kier alpha value is -0.0500. The summed E-state index contributed by atoms with van der Waals surface area (Å²) in [7, 11) is 1.84. The molecule has 9 heavy (non-hydrogen) atoms. The van der Waals surface area contributed by atoms with Gasteiger partial charge >= 0.3 is 0 Å². The first-order valence-corrected chi connectivity index (χ1v) is 4.02. The normalized spacial score (nSPS) is 28.9. The van der Waals surface area contributed by atoms with Crippen molar-refractivity contribution in [2.75, 3.05) is 13.6 Å². The standard InChI is InChI=1S/C6H10BrNO/c1-8-4-2-3-5(7)6(8)9/h5H,2-4H2,1H3/t5-/m1/s1. The zero-order valence-corrected chi connectivity index (χ0v) is 7.02. The molecule has 1 aliphatic heterocycles. The molecule has 0 unspecified atom stereocenters. The number of hydrogen-bond acceptors (Lipinski definition) is 1. The van der Waals surface area contributed by atoms with Crippen molar-refractivity contribution in [3.8, 4) is 0 Å². The second kappa shape index (κ2) is 2.69. The maximum absolute atomic E-state index is 11.0. The summed E-state index contributed by atoms with van der Waals surface area (Å²) in [6.45, 7) is 0.918. The summed E-state index contributed by atoms with van der Waals surface area (Å²) in [6, 6.07) is 0. The van der Waals surface area contributed by atoms with Crippen LogP contribution in [0.2, 0.25) is 0 Å². The Morgan fingerprint density at radius 2 is 2.44 bits per heavy atom. The molecule has 1 amide bonds. The number of hydrogen-bond donors (Lipinski definition) is 0. The smallest absolute Gasteiger partial charge is 0.236 e. The summed E-state index contributed by atoms with van der Waals surface area (Å²) in [4.78, 5) is 12.9. The van der Waals surface area contributed by atoms with Crippen LogP contribution in [-0.2, 0) is 4.79 Å². The van der Waals surface area contributed by atoms with E-state index in [-0.39, 0.29) is 10.7 Å². The Bertz CT molecular complexity index is 114. The fraction of sp³-hybridized carbons (Fsp3) is 0.833. The maximum Gasteiger partial charge on any atom is 0.236 e. The highest BCUT2D eigenvalue weighted by atomic mass is 79.9. The van der Waals surface area contributed by atoms with Gasteiger partial charge < -0.3 is 4.90 Å². The van der Waals surface area contributed by atoms with Crippen LogP contribution in [0.25, 0.3) is 0 Å². The SMILES string of the molecule is CN1CCC[C@@H](Br)C1=O. The van der Waals surface area contributed by atoms with Crippen molar-refractivity contribution < 1.29 is 4.79 Å². The summed E-state index contributed by atoms with van der Waals surface area (Å²) in [5, 5.41) is 0. The lowest BCUT2D eigenvalue weighted by Gasteiger charge is -2.25. The lowest BCUT2D eigenvalue weighted by molar-refractivity contribution is -0.130. The van der Waals surface area contributed by atoms with E-state index in [2.05, 4.69) is 15.9 Å². The lowest BCUT2D eigenvalue weighted by Crippen LogP contribution is -2.38. The van der Waals surface area contributed by atoms with E-state index in [1.165, 1.54) is 0 Å². The molecule has 0 spiro atoms. The Morgan fingerprint density at radius 3 is 2.89 bits per heavy atom. The highest BCUT2D eigenvalue weighted by Gasteiger charge is 2.22. The van der Waals surface area contributed by atoms with Crippen molar-refractivity contribution in [1.82, 2.24) is 4.90 Å². The van der Waals surface area contributed by atoms with Crippen molar-refractivity contribution in [3.63, 3.8) is 0 Å². The molecule has 0 aromatic carbocycles. The molecule has 0 aromatic rings. The van der Waals surface area contributed by atoms with Gasteiger partial charge in [-0.25, -0.2) is 0 Å². The fourth-order valence-electron chi connectivity index (χ4n) is 0.980. The predicted octanol–water partition coefficient (Wildman–Crippen LogP) is 1.00. The zero-order valence-electron chi connectivity index (χ0n) is 5.43. The molecule has 1 saturated heterocycles.